The van der Waals surface area contributed by atoms with Crippen molar-refractivity contribution in [2.45, 2.75) is 0 Å². The van der Waals surface area contributed by atoms with Gasteiger partial charge in [0.25, 0.3) is 0 Å². The number of benzene rings is 4. The second kappa shape index (κ2) is 6.29. The molecule has 1 aromatic heterocycles. The summed E-state index contributed by atoms with van der Waals surface area (Å²) < 4.78 is 15.4. The van der Waals surface area contributed by atoms with Crippen molar-refractivity contribution >= 4 is 33.2 Å². The topological polar surface area (TPSA) is 17.0 Å². The minimum Gasteiger partial charge on any atom is -0.356 e. The van der Waals surface area contributed by atoms with Gasteiger partial charge in [-0.05, 0) is 60.7 Å². The number of para-hydroxylation sites is 2. The first kappa shape index (κ1) is 15.6. The van der Waals surface area contributed by atoms with Crippen molar-refractivity contribution in [2.24, 2.45) is 0 Å². The number of halogens is 1. The van der Waals surface area contributed by atoms with Crippen molar-refractivity contribution in [1.29, 1.82) is 0 Å². The number of anilines is 2. The lowest BCUT2D eigenvalue weighted by Crippen LogP contribution is -1.93. The molecule has 27 heavy (non-hydrogen) atoms. The van der Waals surface area contributed by atoms with Gasteiger partial charge >= 0.3 is 0 Å². The molecule has 0 aliphatic rings. The van der Waals surface area contributed by atoms with Crippen molar-refractivity contribution in [3.05, 3.63) is 103 Å². The van der Waals surface area contributed by atoms with Gasteiger partial charge in [0.2, 0.25) is 0 Å². The van der Waals surface area contributed by atoms with Gasteiger partial charge in [0, 0.05) is 27.8 Å². The molecule has 0 radical (unpaired) electrons. The van der Waals surface area contributed by atoms with Gasteiger partial charge in [-0.1, -0.05) is 36.4 Å². The summed E-state index contributed by atoms with van der Waals surface area (Å²) in [6.07, 6.45) is 0. The summed E-state index contributed by atoms with van der Waals surface area (Å²) >= 11 is 0. The molecule has 0 bridgehead atoms. The standard InChI is InChI=1S/C24H17FN2/c25-17-10-12-18(13-11-17)26-19-14-15-24-22(16-19)21-8-4-5-9-23(21)27(24)20-6-2-1-3-7-20/h1-16,26H. The third-order valence-electron chi connectivity index (χ3n) is 4.82. The lowest BCUT2D eigenvalue weighted by atomic mass is 10.1. The van der Waals surface area contributed by atoms with Crippen LogP contribution in [0.4, 0.5) is 15.8 Å². The molecule has 0 spiro atoms. The Hall–Kier alpha value is -3.59. The minimum atomic E-state index is -0.234. The molecule has 3 heteroatoms. The minimum absolute atomic E-state index is 0.234. The zero-order valence-corrected chi connectivity index (χ0v) is 14.6. The molecule has 0 saturated carbocycles. The molecule has 130 valence electrons. The molecule has 0 unspecified atom stereocenters. The van der Waals surface area contributed by atoms with Gasteiger partial charge in [-0.3, -0.25) is 0 Å². The smallest absolute Gasteiger partial charge is 0.123 e. The van der Waals surface area contributed by atoms with Crippen LogP contribution in [-0.2, 0) is 0 Å². The molecule has 1 heterocycles. The maximum absolute atomic E-state index is 13.1. The first-order valence-electron chi connectivity index (χ1n) is 8.91. The fourth-order valence-corrected chi connectivity index (χ4v) is 3.61. The van der Waals surface area contributed by atoms with Crippen LogP contribution in [0, 0.1) is 5.82 Å². The highest BCUT2D eigenvalue weighted by molar-refractivity contribution is 6.10. The molecule has 5 aromatic rings. The summed E-state index contributed by atoms with van der Waals surface area (Å²) in [5.74, 6) is -0.234. The molecule has 2 nitrogen and oxygen atoms in total. The predicted octanol–water partition coefficient (Wildman–Crippen LogP) is 6.67. The molecule has 0 fully saturated rings. The van der Waals surface area contributed by atoms with Crippen LogP contribution in [0.15, 0.2) is 97.1 Å². The summed E-state index contributed by atoms with van der Waals surface area (Å²) in [5, 5.41) is 5.75. The van der Waals surface area contributed by atoms with Crippen LogP contribution in [0.2, 0.25) is 0 Å². The molecule has 0 amide bonds. The zero-order chi connectivity index (χ0) is 18.2. The SMILES string of the molecule is Fc1ccc(Nc2ccc3c(c2)c2ccccc2n3-c2ccccc2)cc1. The van der Waals surface area contributed by atoms with Gasteiger partial charge in [-0.2, -0.15) is 0 Å². The quantitative estimate of drug-likeness (QED) is 0.384. The third kappa shape index (κ3) is 2.74. The van der Waals surface area contributed by atoms with E-state index in [4.69, 9.17) is 0 Å². The third-order valence-corrected chi connectivity index (χ3v) is 4.82. The monoisotopic (exact) mass is 352 g/mol. The van der Waals surface area contributed by atoms with Crippen molar-refractivity contribution in [2.75, 3.05) is 5.32 Å². The molecule has 0 aliphatic carbocycles. The molecule has 0 atom stereocenters. The summed E-state index contributed by atoms with van der Waals surface area (Å²) in [5.41, 5.74) is 5.32. The Bertz CT molecular complexity index is 1240. The summed E-state index contributed by atoms with van der Waals surface area (Å²) in [4.78, 5) is 0. The lowest BCUT2D eigenvalue weighted by molar-refractivity contribution is 0.628. The highest BCUT2D eigenvalue weighted by Gasteiger charge is 2.12. The van der Waals surface area contributed by atoms with Crippen LogP contribution in [0.1, 0.15) is 0 Å². The molecule has 0 saturated heterocycles. The van der Waals surface area contributed by atoms with Crippen LogP contribution in [0.3, 0.4) is 0 Å². The molecule has 4 aromatic carbocycles. The molecular weight excluding hydrogens is 335 g/mol. The Morgan fingerprint density at radius 3 is 2.07 bits per heavy atom. The van der Waals surface area contributed by atoms with Gasteiger partial charge in [0.05, 0.1) is 11.0 Å². The predicted molar refractivity (Wildman–Crippen MR) is 110 cm³/mol. The number of nitrogens with zero attached hydrogens (tertiary/aromatic N) is 1. The van der Waals surface area contributed by atoms with Crippen molar-refractivity contribution < 1.29 is 4.39 Å². The first-order chi connectivity index (χ1) is 13.3. The van der Waals surface area contributed by atoms with Crippen LogP contribution in [0.25, 0.3) is 27.5 Å². The Balaban J connectivity index is 1.69. The first-order valence-corrected chi connectivity index (χ1v) is 8.91. The van der Waals surface area contributed by atoms with E-state index in [9.17, 15) is 4.39 Å². The van der Waals surface area contributed by atoms with Gasteiger partial charge in [0.15, 0.2) is 0 Å². The van der Waals surface area contributed by atoms with Gasteiger partial charge < -0.3 is 9.88 Å². The zero-order valence-electron chi connectivity index (χ0n) is 14.6. The van der Waals surface area contributed by atoms with Crippen molar-refractivity contribution in [1.82, 2.24) is 4.57 Å². The van der Waals surface area contributed by atoms with Gasteiger partial charge in [-0.15, -0.1) is 0 Å². The number of hydrogen-bond donors (Lipinski definition) is 1. The molecule has 0 aliphatic heterocycles. The van der Waals surface area contributed by atoms with E-state index in [0.29, 0.717) is 0 Å². The van der Waals surface area contributed by atoms with Crippen LogP contribution < -0.4 is 5.32 Å². The second-order valence-electron chi connectivity index (χ2n) is 6.55. The second-order valence-corrected chi connectivity index (χ2v) is 6.55. The Morgan fingerprint density at radius 1 is 0.593 bits per heavy atom. The van der Waals surface area contributed by atoms with E-state index in [1.54, 1.807) is 12.1 Å². The van der Waals surface area contributed by atoms with Crippen LogP contribution >= 0.6 is 0 Å². The number of fused-ring (bicyclic) bond motifs is 3. The number of nitrogens with one attached hydrogen (secondary N) is 1. The summed E-state index contributed by atoms with van der Waals surface area (Å²) in [6, 6.07) is 31.6. The fraction of sp³-hybridized carbons (Fsp3) is 0. The van der Waals surface area contributed by atoms with Crippen LogP contribution in [-0.4, -0.2) is 4.57 Å². The number of hydrogen-bond acceptors (Lipinski definition) is 1. The summed E-state index contributed by atoms with van der Waals surface area (Å²) in [6.45, 7) is 0. The molecule has 1 N–H and O–H groups in total. The summed E-state index contributed by atoms with van der Waals surface area (Å²) in [7, 11) is 0. The van der Waals surface area contributed by atoms with E-state index in [1.807, 2.05) is 6.07 Å². The van der Waals surface area contributed by atoms with E-state index in [2.05, 4.69) is 76.6 Å². The maximum Gasteiger partial charge on any atom is 0.123 e. The average Bonchev–Trinajstić information content (AvgIpc) is 3.04. The largest absolute Gasteiger partial charge is 0.356 e. The normalized spacial score (nSPS) is 11.1. The molecular formula is C24H17FN2. The highest BCUT2D eigenvalue weighted by atomic mass is 19.1. The fourth-order valence-electron chi connectivity index (χ4n) is 3.61. The van der Waals surface area contributed by atoms with E-state index < -0.39 is 0 Å². The van der Waals surface area contributed by atoms with Gasteiger partial charge in [-0.25, -0.2) is 4.39 Å². The Kier molecular flexibility index (Phi) is 3.65. The Morgan fingerprint density at radius 2 is 1.26 bits per heavy atom. The Labute approximate surface area is 156 Å². The molecule has 5 rings (SSSR count). The van der Waals surface area contributed by atoms with Crippen LogP contribution in [0.5, 0.6) is 0 Å². The van der Waals surface area contributed by atoms with Crippen molar-refractivity contribution in [3.8, 4) is 5.69 Å². The van der Waals surface area contributed by atoms with E-state index >= 15 is 0 Å². The van der Waals surface area contributed by atoms with Crippen molar-refractivity contribution in [3.63, 3.8) is 0 Å². The van der Waals surface area contributed by atoms with Gasteiger partial charge in [0.1, 0.15) is 5.82 Å². The number of rotatable bonds is 3. The maximum atomic E-state index is 13.1. The lowest BCUT2D eigenvalue weighted by Gasteiger charge is -2.09. The number of aromatic nitrogens is 1. The highest BCUT2D eigenvalue weighted by Crippen LogP contribution is 2.34. The van der Waals surface area contributed by atoms with E-state index in [1.165, 1.54) is 28.4 Å². The average molecular weight is 352 g/mol. The van der Waals surface area contributed by atoms with E-state index in [-0.39, 0.29) is 5.82 Å². The van der Waals surface area contributed by atoms with E-state index in [0.717, 1.165) is 22.6 Å².